The molecule has 1 aliphatic heterocycles. The van der Waals surface area contributed by atoms with Crippen molar-refractivity contribution in [3.8, 4) is 0 Å². The van der Waals surface area contributed by atoms with Gasteiger partial charge in [0, 0.05) is 31.5 Å². The van der Waals surface area contributed by atoms with Crippen molar-refractivity contribution in [2.75, 3.05) is 6.54 Å². The molecule has 2 heterocycles. The Hall–Kier alpha value is -2.69. The summed E-state index contributed by atoms with van der Waals surface area (Å²) < 4.78 is 15.4. The number of halogens is 1. The molecule has 0 bridgehead atoms. The van der Waals surface area contributed by atoms with Crippen LogP contribution < -0.4 is 0 Å². The summed E-state index contributed by atoms with van der Waals surface area (Å²) >= 11 is 0. The van der Waals surface area contributed by atoms with Crippen LogP contribution in [0.25, 0.3) is 11.0 Å². The van der Waals surface area contributed by atoms with Gasteiger partial charge in [-0.2, -0.15) is 0 Å². The average molecular weight is 349 g/mol. The topological polar surface area (TPSA) is 38.1 Å². The fourth-order valence-corrected chi connectivity index (χ4v) is 3.99. The Morgan fingerprint density at radius 1 is 1.08 bits per heavy atom. The second kappa shape index (κ2) is 5.94. The normalized spacial score (nSPS) is 20.3. The first-order valence-corrected chi connectivity index (χ1v) is 9.18. The first-order chi connectivity index (χ1) is 12.7. The van der Waals surface area contributed by atoms with E-state index < -0.39 is 0 Å². The number of nitrogens with zero attached hydrogens (tertiary/aromatic N) is 3. The van der Waals surface area contributed by atoms with Gasteiger partial charge in [-0.05, 0) is 42.7 Å². The minimum atomic E-state index is -0.231. The lowest BCUT2D eigenvalue weighted by Gasteiger charge is -2.16. The number of rotatable bonds is 4. The van der Waals surface area contributed by atoms with Crippen molar-refractivity contribution in [2.24, 2.45) is 0 Å². The molecule has 1 amide bonds. The quantitative estimate of drug-likeness (QED) is 0.720. The predicted molar refractivity (Wildman–Crippen MR) is 97.3 cm³/mol. The zero-order valence-electron chi connectivity index (χ0n) is 14.4. The Bertz CT molecular complexity index is 975. The SMILES string of the molecule is O=C1CC(c2nc3ccccc3n2Cc2ccc(F)cc2)CN1C1CC1. The van der Waals surface area contributed by atoms with E-state index in [9.17, 15) is 9.18 Å². The van der Waals surface area contributed by atoms with Gasteiger partial charge in [-0.25, -0.2) is 9.37 Å². The number of amides is 1. The lowest BCUT2D eigenvalue weighted by atomic mass is 10.1. The predicted octanol–water partition coefficient (Wildman–Crippen LogP) is 3.70. The Labute approximate surface area is 151 Å². The molecule has 2 fully saturated rings. The third kappa shape index (κ3) is 2.68. The van der Waals surface area contributed by atoms with E-state index in [1.807, 2.05) is 35.2 Å². The fourth-order valence-electron chi connectivity index (χ4n) is 3.99. The van der Waals surface area contributed by atoms with Crippen molar-refractivity contribution in [1.29, 1.82) is 0 Å². The maximum absolute atomic E-state index is 13.2. The smallest absolute Gasteiger partial charge is 0.223 e. The standard InChI is InChI=1S/C21H20FN3O/c22-16-7-5-14(6-8-16)12-25-19-4-2-1-3-18(19)23-21(25)15-11-20(26)24(13-15)17-9-10-17/h1-8,15,17H,9-13H2. The molecule has 2 aliphatic rings. The van der Waals surface area contributed by atoms with Crippen LogP contribution in [-0.2, 0) is 11.3 Å². The van der Waals surface area contributed by atoms with Gasteiger partial charge >= 0.3 is 0 Å². The average Bonchev–Trinajstić information content (AvgIpc) is 3.33. The number of aromatic nitrogens is 2. The molecule has 1 saturated carbocycles. The molecule has 2 aromatic carbocycles. The van der Waals surface area contributed by atoms with Crippen molar-refractivity contribution < 1.29 is 9.18 Å². The fraction of sp³-hybridized carbons (Fsp3) is 0.333. The molecule has 1 saturated heterocycles. The van der Waals surface area contributed by atoms with Crippen LogP contribution >= 0.6 is 0 Å². The van der Waals surface area contributed by atoms with Gasteiger partial charge in [0.15, 0.2) is 0 Å². The van der Waals surface area contributed by atoms with Crippen molar-refractivity contribution >= 4 is 16.9 Å². The molecule has 1 aromatic heterocycles. The molecule has 4 nitrogen and oxygen atoms in total. The Morgan fingerprint density at radius 2 is 1.85 bits per heavy atom. The third-order valence-electron chi connectivity index (χ3n) is 5.45. The Morgan fingerprint density at radius 3 is 2.62 bits per heavy atom. The van der Waals surface area contributed by atoms with Crippen LogP contribution in [0.1, 0.15) is 36.6 Å². The van der Waals surface area contributed by atoms with Crippen LogP contribution in [0.5, 0.6) is 0 Å². The van der Waals surface area contributed by atoms with Crippen molar-refractivity contribution in [1.82, 2.24) is 14.5 Å². The summed E-state index contributed by atoms with van der Waals surface area (Å²) in [6, 6.07) is 15.1. The number of hydrogen-bond donors (Lipinski definition) is 0. The molecule has 0 radical (unpaired) electrons. The minimum Gasteiger partial charge on any atom is -0.339 e. The van der Waals surface area contributed by atoms with Crippen LogP contribution in [0.15, 0.2) is 48.5 Å². The molecule has 3 aromatic rings. The van der Waals surface area contributed by atoms with Gasteiger partial charge in [0.25, 0.3) is 0 Å². The van der Waals surface area contributed by atoms with E-state index in [-0.39, 0.29) is 17.6 Å². The lowest BCUT2D eigenvalue weighted by molar-refractivity contribution is -0.128. The van der Waals surface area contributed by atoms with Gasteiger partial charge in [0.1, 0.15) is 11.6 Å². The molecule has 1 atom stereocenters. The summed E-state index contributed by atoms with van der Waals surface area (Å²) in [6.07, 6.45) is 2.79. The van der Waals surface area contributed by atoms with Crippen LogP contribution in [0.4, 0.5) is 4.39 Å². The van der Waals surface area contributed by atoms with Crippen LogP contribution in [0.2, 0.25) is 0 Å². The van der Waals surface area contributed by atoms with Crippen LogP contribution in [0, 0.1) is 5.82 Å². The number of para-hydroxylation sites is 2. The number of benzene rings is 2. The molecule has 5 rings (SSSR count). The Balaban J connectivity index is 1.54. The highest BCUT2D eigenvalue weighted by molar-refractivity contribution is 5.81. The highest BCUT2D eigenvalue weighted by atomic mass is 19.1. The van der Waals surface area contributed by atoms with E-state index in [0.29, 0.717) is 19.0 Å². The monoisotopic (exact) mass is 349 g/mol. The largest absolute Gasteiger partial charge is 0.339 e. The summed E-state index contributed by atoms with van der Waals surface area (Å²) in [5, 5.41) is 0. The molecule has 0 spiro atoms. The maximum Gasteiger partial charge on any atom is 0.223 e. The third-order valence-corrected chi connectivity index (χ3v) is 5.45. The van der Waals surface area contributed by atoms with Gasteiger partial charge in [0.2, 0.25) is 5.91 Å². The van der Waals surface area contributed by atoms with E-state index >= 15 is 0 Å². The molecule has 0 N–H and O–H groups in total. The van der Waals surface area contributed by atoms with Crippen molar-refractivity contribution in [2.45, 2.75) is 37.8 Å². The van der Waals surface area contributed by atoms with Crippen LogP contribution in [0.3, 0.4) is 0 Å². The number of carbonyl (C=O) groups excluding carboxylic acids is 1. The first kappa shape index (κ1) is 15.6. The maximum atomic E-state index is 13.2. The number of imidazole rings is 1. The minimum absolute atomic E-state index is 0.121. The zero-order chi connectivity index (χ0) is 17.7. The highest BCUT2D eigenvalue weighted by Crippen LogP contribution is 2.37. The van der Waals surface area contributed by atoms with E-state index in [1.165, 1.54) is 12.1 Å². The highest BCUT2D eigenvalue weighted by Gasteiger charge is 2.41. The number of likely N-dealkylation sites (tertiary alicyclic amines) is 1. The molecular weight excluding hydrogens is 329 g/mol. The number of fused-ring (bicyclic) bond motifs is 1. The molecule has 26 heavy (non-hydrogen) atoms. The lowest BCUT2D eigenvalue weighted by Crippen LogP contribution is -2.27. The van der Waals surface area contributed by atoms with Gasteiger partial charge in [0.05, 0.1) is 11.0 Å². The van der Waals surface area contributed by atoms with E-state index in [2.05, 4.69) is 10.6 Å². The van der Waals surface area contributed by atoms with E-state index in [1.54, 1.807) is 0 Å². The molecule has 5 heteroatoms. The molecule has 1 unspecified atom stereocenters. The van der Waals surface area contributed by atoms with Crippen molar-refractivity contribution in [3.05, 3.63) is 65.7 Å². The van der Waals surface area contributed by atoms with Gasteiger partial charge in [-0.3, -0.25) is 4.79 Å². The second-order valence-electron chi connectivity index (χ2n) is 7.35. The molecular formula is C21H20FN3O. The molecule has 132 valence electrons. The van der Waals surface area contributed by atoms with Gasteiger partial charge in [-0.1, -0.05) is 24.3 Å². The van der Waals surface area contributed by atoms with Gasteiger partial charge in [-0.15, -0.1) is 0 Å². The first-order valence-electron chi connectivity index (χ1n) is 9.18. The molecule has 1 aliphatic carbocycles. The van der Waals surface area contributed by atoms with E-state index in [0.717, 1.165) is 41.8 Å². The number of carbonyl (C=O) groups is 1. The zero-order valence-corrected chi connectivity index (χ0v) is 14.4. The summed E-state index contributed by atoms with van der Waals surface area (Å²) in [5.41, 5.74) is 3.03. The van der Waals surface area contributed by atoms with E-state index in [4.69, 9.17) is 4.98 Å². The summed E-state index contributed by atoms with van der Waals surface area (Å²) in [4.78, 5) is 19.3. The van der Waals surface area contributed by atoms with Crippen molar-refractivity contribution in [3.63, 3.8) is 0 Å². The van der Waals surface area contributed by atoms with Crippen LogP contribution in [-0.4, -0.2) is 32.9 Å². The van der Waals surface area contributed by atoms with Gasteiger partial charge < -0.3 is 9.47 Å². The summed E-state index contributed by atoms with van der Waals surface area (Å²) in [6.45, 7) is 1.39. The summed E-state index contributed by atoms with van der Waals surface area (Å²) in [7, 11) is 0. The Kier molecular flexibility index (Phi) is 3.55. The second-order valence-corrected chi connectivity index (χ2v) is 7.35. The summed E-state index contributed by atoms with van der Waals surface area (Å²) in [5.74, 6) is 1.10. The number of hydrogen-bond acceptors (Lipinski definition) is 2.